The zero-order chi connectivity index (χ0) is 12.8. The van der Waals surface area contributed by atoms with Crippen LogP contribution in [0.3, 0.4) is 0 Å². The van der Waals surface area contributed by atoms with Gasteiger partial charge in [0.05, 0.1) is 5.02 Å². The Morgan fingerprint density at radius 1 is 1.41 bits per heavy atom. The minimum atomic E-state index is -0.370. The Labute approximate surface area is 113 Å². The van der Waals surface area contributed by atoms with Crippen LogP contribution in [0.1, 0.15) is 23.2 Å². The molecule has 0 atom stereocenters. The predicted octanol–water partition coefficient (Wildman–Crippen LogP) is 2.10. The van der Waals surface area contributed by atoms with E-state index in [1.807, 2.05) is 0 Å². The predicted molar refractivity (Wildman–Crippen MR) is 69.9 cm³/mol. The van der Waals surface area contributed by atoms with E-state index in [0.29, 0.717) is 23.6 Å². The quantitative estimate of drug-likeness (QED) is 0.816. The molecule has 1 aromatic rings. The highest BCUT2D eigenvalue weighted by atomic mass is 79.9. The number of nitrogens with two attached hydrogens (primary N) is 1. The van der Waals surface area contributed by atoms with Crippen molar-refractivity contribution in [1.82, 2.24) is 5.32 Å². The summed E-state index contributed by atoms with van der Waals surface area (Å²) in [6.45, 7) is 0.412. The lowest BCUT2D eigenvalue weighted by molar-refractivity contribution is -0.118. The van der Waals surface area contributed by atoms with E-state index >= 15 is 0 Å². The van der Waals surface area contributed by atoms with Gasteiger partial charge < -0.3 is 11.1 Å². The molecule has 0 aliphatic heterocycles. The number of benzene rings is 1. The molecule has 0 aromatic heterocycles. The van der Waals surface area contributed by atoms with Crippen molar-refractivity contribution in [2.24, 2.45) is 5.73 Å². The fourth-order valence-corrected chi connectivity index (χ4v) is 1.63. The topological polar surface area (TPSA) is 72.2 Å². The summed E-state index contributed by atoms with van der Waals surface area (Å²) < 4.78 is 0.740. The molecule has 0 saturated heterocycles. The van der Waals surface area contributed by atoms with Crippen LogP contribution in [-0.4, -0.2) is 18.4 Å². The molecule has 92 valence electrons. The van der Waals surface area contributed by atoms with Gasteiger partial charge in [0.1, 0.15) is 0 Å². The van der Waals surface area contributed by atoms with Crippen LogP contribution < -0.4 is 11.1 Å². The molecule has 0 spiro atoms. The standard InChI is InChI=1S/C11H12BrClN2O2/c12-8-4-3-7(6-9(8)13)11(17)15-5-1-2-10(14)16/h3-4,6H,1-2,5H2,(H2,14,16)(H,15,17). The van der Waals surface area contributed by atoms with Crippen LogP contribution in [-0.2, 0) is 4.79 Å². The van der Waals surface area contributed by atoms with E-state index in [1.165, 1.54) is 0 Å². The first kappa shape index (κ1) is 14.0. The second-order valence-corrected chi connectivity index (χ2v) is 4.72. The number of rotatable bonds is 5. The summed E-state index contributed by atoms with van der Waals surface area (Å²) in [6.07, 6.45) is 0.798. The van der Waals surface area contributed by atoms with Crippen molar-refractivity contribution >= 4 is 39.3 Å². The zero-order valence-corrected chi connectivity index (χ0v) is 11.3. The summed E-state index contributed by atoms with van der Waals surface area (Å²) in [5.74, 6) is -0.588. The van der Waals surface area contributed by atoms with Crippen LogP contribution >= 0.6 is 27.5 Å². The van der Waals surface area contributed by atoms with E-state index in [1.54, 1.807) is 18.2 Å². The lowest BCUT2D eigenvalue weighted by atomic mass is 10.2. The Hall–Kier alpha value is -1.07. The molecule has 0 saturated carbocycles. The maximum atomic E-state index is 11.7. The summed E-state index contributed by atoms with van der Waals surface area (Å²) in [7, 11) is 0. The Balaban J connectivity index is 2.47. The normalized spacial score (nSPS) is 10.0. The maximum Gasteiger partial charge on any atom is 0.251 e. The van der Waals surface area contributed by atoms with Crippen LogP contribution in [0.25, 0.3) is 0 Å². The average molecular weight is 320 g/mol. The lowest BCUT2D eigenvalue weighted by Crippen LogP contribution is -2.25. The Morgan fingerprint density at radius 3 is 2.71 bits per heavy atom. The molecule has 3 N–H and O–H groups in total. The Morgan fingerprint density at radius 2 is 2.12 bits per heavy atom. The third kappa shape index (κ3) is 4.75. The number of hydrogen-bond donors (Lipinski definition) is 2. The van der Waals surface area contributed by atoms with Gasteiger partial charge in [0.15, 0.2) is 0 Å². The van der Waals surface area contributed by atoms with Gasteiger partial charge in [0.25, 0.3) is 5.91 Å². The van der Waals surface area contributed by atoms with Crippen LogP contribution in [0.4, 0.5) is 0 Å². The van der Waals surface area contributed by atoms with Crippen LogP contribution in [0, 0.1) is 0 Å². The van der Waals surface area contributed by atoms with Gasteiger partial charge in [0.2, 0.25) is 5.91 Å². The summed E-state index contributed by atoms with van der Waals surface area (Å²) >= 11 is 9.12. The van der Waals surface area contributed by atoms with Crippen molar-refractivity contribution < 1.29 is 9.59 Å². The molecule has 1 aromatic carbocycles. The maximum absolute atomic E-state index is 11.7. The minimum absolute atomic E-state index is 0.219. The highest BCUT2D eigenvalue weighted by molar-refractivity contribution is 9.10. The lowest BCUT2D eigenvalue weighted by Gasteiger charge is -2.05. The van der Waals surface area contributed by atoms with E-state index in [-0.39, 0.29) is 18.2 Å². The number of carbonyl (C=O) groups excluding carboxylic acids is 2. The number of amides is 2. The molecular weight excluding hydrogens is 307 g/mol. The van der Waals surface area contributed by atoms with Gasteiger partial charge in [-0.25, -0.2) is 0 Å². The fraction of sp³-hybridized carbons (Fsp3) is 0.273. The van der Waals surface area contributed by atoms with Gasteiger partial charge in [-0.05, 0) is 40.5 Å². The smallest absolute Gasteiger partial charge is 0.251 e. The molecule has 0 aliphatic rings. The Bertz CT molecular complexity index is 437. The third-order valence-corrected chi connectivity index (χ3v) is 3.30. The molecule has 0 heterocycles. The average Bonchev–Trinajstić information content (AvgIpc) is 2.27. The van der Waals surface area contributed by atoms with E-state index in [4.69, 9.17) is 17.3 Å². The summed E-state index contributed by atoms with van der Waals surface area (Å²) in [5, 5.41) is 3.16. The number of hydrogen-bond acceptors (Lipinski definition) is 2. The zero-order valence-electron chi connectivity index (χ0n) is 9.00. The summed E-state index contributed by atoms with van der Waals surface area (Å²) in [6, 6.07) is 4.95. The van der Waals surface area contributed by atoms with Crippen molar-refractivity contribution in [2.75, 3.05) is 6.54 Å². The molecule has 6 heteroatoms. The van der Waals surface area contributed by atoms with Gasteiger partial charge in [-0.1, -0.05) is 11.6 Å². The number of primary amides is 1. The van der Waals surface area contributed by atoms with Crippen molar-refractivity contribution in [3.05, 3.63) is 33.3 Å². The van der Waals surface area contributed by atoms with Gasteiger partial charge in [-0.3, -0.25) is 9.59 Å². The first-order valence-corrected chi connectivity index (χ1v) is 6.19. The molecule has 1 rings (SSSR count). The first-order chi connectivity index (χ1) is 8.00. The van der Waals surface area contributed by atoms with Crippen molar-refractivity contribution in [3.63, 3.8) is 0 Å². The molecule has 17 heavy (non-hydrogen) atoms. The molecule has 0 aliphatic carbocycles. The minimum Gasteiger partial charge on any atom is -0.370 e. The third-order valence-electron chi connectivity index (χ3n) is 2.07. The van der Waals surface area contributed by atoms with Crippen molar-refractivity contribution in [3.8, 4) is 0 Å². The van der Waals surface area contributed by atoms with Gasteiger partial charge in [0, 0.05) is 23.0 Å². The van der Waals surface area contributed by atoms with E-state index in [0.717, 1.165) is 4.47 Å². The number of carbonyl (C=O) groups is 2. The molecule has 0 fully saturated rings. The molecule has 4 nitrogen and oxygen atoms in total. The molecule has 0 unspecified atom stereocenters. The van der Waals surface area contributed by atoms with Crippen molar-refractivity contribution in [1.29, 1.82) is 0 Å². The van der Waals surface area contributed by atoms with E-state index in [9.17, 15) is 9.59 Å². The van der Waals surface area contributed by atoms with E-state index in [2.05, 4.69) is 21.2 Å². The SMILES string of the molecule is NC(=O)CCCNC(=O)c1ccc(Br)c(Cl)c1. The number of nitrogens with one attached hydrogen (secondary N) is 1. The molecule has 2 amide bonds. The molecule has 0 radical (unpaired) electrons. The monoisotopic (exact) mass is 318 g/mol. The second-order valence-electron chi connectivity index (χ2n) is 3.45. The summed E-state index contributed by atoms with van der Waals surface area (Å²) in [5.41, 5.74) is 5.47. The molecular formula is C11H12BrClN2O2. The van der Waals surface area contributed by atoms with Gasteiger partial charge >= 0.3 is 0 Å². The van der Waals surface area contributed by atoms with Gasteiger partial charge in [-0.15, -0.1) is 0 Å². The molecule has 0 bridgehead atoms. The number of halogens is 2. The summed E-state index contributed by atoms with van der Waals surface area (Å²) in [4.78, 5) is 22.1. The van der Waals surface area contributed by atoms with Crippen molar-refractivity contribution in [2.45, 2.75) is 12.8 Å². The highest BCUT2D eigenvalue weighted by Gasteiger charge is 2.07. The second kappa shape index (κ2) is 6.61. The van der Waals surface area contributed by atoms with Crippen LogP contribution in [0.2, 0.25) is 5.02 Å². The van der Waals surface area contributed by atoms with Gasteiger partial charge in [-0.2, -0.15) is 0 Å². The Kier molecular flexibility index (Phi) is 5.44. The van der Waals surface area contributed by atoms with Crippen LogP contribution in [0.15, 0.2) is 22.7 Å². The first-order valence-electron chi connectivity index (χ1n) is 5.02. The van der Waals surface area contributed by atoms with Crippen LogP contribution in [0.5, 0.6) is 0 Å². The van der Waals surface area contributed by atoms with E-state index < -0.39 is 0 Å². The fourth-order valence-electron chi connectivity index (χ4n) is 1.20. The largest absolute Gasteiger partial charge is 0.370 e. The highest BCUT2D eigenvalue weighted by Crippen LogP contribution is 2.23.